The number of alkyl halides is 1. The van der Waals surface area contributed by atoms with E-state index >= 15 is 0 Å². The summed E-state index contributed by atoms with van der Waals surface area (Å²) in [4.78, 5) is 24.8. The number of carbonyl (C=O) groups excluding carboxylic acids is 2. The van der Waals surface area contributed by atoms with Gasteiger partial charge in [-0.1, -0.05) is 13.8 Å². The van der Waals surface area contributed by atoms with Gasteiger partial charge < -0.3 is 10.2 Å². The molecule has 92 valence electrons. The summed E-state index contributed by atoms with van der Waals surface area (Å²) in [7, 11) is 0. The minimum Gasteiger partial charge on any atom is -0.344 e. The fourth-order valence-electron chi connectivity index (χ4n) is 1.85. The van der Waals surface area contributed by atoms with Gasteiger partial charge in [-0.15, -0.1) is 0 Å². The fourth-order valence-corrected chi connectivity index (χ4v) is 1.85. The maximum absolute atomic E-state index is 12.3. The van der Waals surface area contributed by atoms with Gasteiger partial charge in [-0.3, -0.25) is 9.59 Å². The van der Waals surface area contributed by atoms with Crippen LogP contribution in [0.5, 0.6) is 0 Å². The molecule has 2 amide bonds. The third-order valence-electron chi connectivity index (χ3n) is 2.62. The van der Waals surface area contributed by atoms with E-state index in [0.29, 0.717) is 18.9 Å². The molecule has 1 saturated heterocycles. The molecule has 0 aromatic rings. The van der Waals surface area contributed by atoms with Gasteiger partial charge in [0.05, 0.1) is 0 Å². The SMILES string of the molecule is CC(C)CC1NC(=O)CCN(CCF)C1=O. The number of nitrogens with one attached hydrogen (secondary N) is 1. The van der Waals surface area contributed by atoms with E-state index in [9.17, 15) is 14.0 Å². The number of carbonyl (C=O) groups is 2. The van der Waals surface area contributed by atoms with Gasteiger partial charge in [0.1, 0.15) is 12.7 Å². The summed E-state index contributed by atoms with van der Waals surface area (Å²) in [5.41, 5.74) is 0. The predicted molar refractivity (Wildman–Crippen MR) is 58.6 cm³/mol. The summed E-state index contributed by atoms with van der Waals surface area (Å²) in [6.07, 6.45) is 0.869. The van der Waals surface area contributed by atoms with Crippen molar-refractivity contribution in [3.8, 4) is 0 Å². The van der Waals surface area contributed by atoms with E-state index in [2.05, 4.69) is 5.32 Å². The van der Waals surface area contributed by atoms with Crippen LogP contribution in [0.2, 0.25) is 0 Å². The lowest BCUT2D eigenvalue weighted by Crippen LogP contribution is -2.45. The zero-order valence-electron chi connectivity index (χ0n) is 9.83. The summed E-state index contributed by atoms with van der Waals surface area (Å²) < 4.78 is 12.3. The van der Waals surface area contributed by atoms with Gasteiger partial charge in [0.15, 0.2) is 0 Å². The molecule has 1 N–H and O–H groups in total. The van der Waals surface area contributed by atoms with Crippen LogP contribution in [0.3, 0.4) is 0 Å². The van der Waals surface area contributed by atoms with Crippen LogP contribution in [0.25, 0.3) is 0 Å². The Balaban J connectivity index is 2.71. The highest BCUT2D eigenvalue weighted by atomic mass is 19.1. The van der Waals surface area contributed by atoms with Crippen molar-refractivity contribution in [1.29, 1.82) is 0 Å². The van der Waals surface area contributed by atoms with Gasteiger partial charge in [0.2, 0.25) is 11.8 Å². The lowest BCUT2D eigenvalue weighted by Gasteiger charge is -2.23. The zero-order valence-corrected chi connectivity index (χ0v) is 9.83. The summed E-state index contributed by atoms with van der Waals surface area (Å²) in [6.45, 7) is 3.83. The largest absolute Gasteiger partial charge is 0.344 e. The third kappa shape index (κ3) is 3.47. The molecule has 0 aromatic heterocycles. The van der Waals surface area contributed by atoms with E-state index in [1.807, 2.05) is 13.8 Å². The highest BCUT2D eigenvalue weighted by Crippen LogP contribution is 2.11. The van der Waals surface area contributed by atoms with Crippen LogP contribution >= 0.6 is 0 Å². The molecule has 1 atom stereocenters. The van der Waals surface area contributed by atoms with E-state index in [1.54, 1.807) is 0 Å². The minimum absolute atomic E-state index is 0.0857. The third-order valence-corrected chi connectivity index (χ3v) is 2.62. The molecular weight excluding hydrogens is 211 g/mol. The standard InChI is InChI=1S/C11H19FN2O2/c1-8(2)7-9-11(16)14(6-4-12)5-3-10(15)13-9/h8-9H,3-7H2,1-2H3,(H,13,15). The van der Waals surface area contributed by atoms with E-state index < -0.39 is 12.7 Å². The van der Waals surface area contributed by atoms with Crippen molar-refractivity contribution in [3.63, 3.8) is 0 Å². The van der Waals surface area contributed by atoms with Gasteiger partial charge in [0.25, 0.3) is 0 Å². The maximum Gasteiger partial charge on any atom is 0.245 e. The first kappa shape index (κ1) is 12.9. The Morgan fingerprint density at radius 1 is 1.50 bits per heavy atom. The second-order valence-electron chi connectivity index (χ2n) is 4.51. The van der Waals surface area contributed by atoms with Crippen LogP contribution in [0, 0.1) is 5.92 Å². The van der Waals surface area contributed by atoms with Crippen molar-refractivity contribution < 1.29 is 14.0 Å². The minimum atomic E-state index is -0.561. The smallest absolute Gasteiger partial charge is 0.245 e. The van der Waals surface area contributed by atoms with Crippen LogP contribution in [0.1, 0.15) is 26.7 Å². The van der Waals surface area contributed by atoms with Crippen molar-refractivity contribution in [2.45, 2.75) is 32.7 Å². The Kier molecular flexibility index (Phi) is 4.71. The molecule has 1 unspecified atom stereocenters. The fraction of sp³-hybridized carbons (Fsp3) is 0.818. The predicted octanol–water partition coefficient (Wildman–Crippen LogP) is 0.719. The number of amides is 2. The molecular formula is C11H19FN2O2. The number of hydrogen-bond acceptors (Lipinski definition) is 2. The molecule has 1 heterocycles. The molecule has 1 rings (SSSR count). The first-order valence-electron chi connectivity index (χ1n) is 5.68. The molecule has 1 aliphatic rings. The lowest BCUT2D eigenvalue weighted by atomic mass is 10.0. The summed E-state index contributed by atoms with van der Waals surface area (Å²) >= 11 is 0. The van der Waals surface area contributed by atoms with Crippen molar-refractivity contribution in [2.24, 2.45) is 5.92 Å². The average molecular weight is 230 g/mol. The molecule has 0 aromatic carbocycles. The normalized spacial score (nSPS) is 22.2. The molecule has 16 heavy (non-hydrogen) atoms. The first-order chi connectivity index (χ1) is 7.54. The number of halogens is 1. The van der Waals surface area contributed by atoms with E-state index in [4.69, 9.17) is 0 Å². The highest BCUT2D eigenvalue weighted by molar-refractivity contribution is 5.89. The maximum atomic E-state index is 12.3. The Bertz CT molecular complexity index is 269. The van der Waals surface area contributed by atoms with Crippen LogP contribution in [-0.2, 0) is 9.59 Å². The Morgan fingerprint density at radius 2 is 2.19 bits per heavy atom. The number of hydrogen-bond donors (Lipinski definition) is 1. The zero-order chi connectivity index (χ0) is 12.1. The van der Waals surface area contributed by atoms with Crippen molar-refractivity contribution in [2.75, 3.05) is 19.8 Å². The van der Waals surface area contributed by atoms with Crippen molar-refractivity contribution >= 4 is 11.8 Å². The molecule has 0 aliphatic carbocycles. The molecule has 0 spiro atoms. The number of nitrogens with zero attached hydrogens (tertiary/aromatic N) is 1. The molecule has 0 bridgehead atoms. The molecule has 0 radical (unpaired) electrons. The van der Waals surface area contributed by atoms with E-state index in [0.717, 1.165) is 0 Å². The Morgan fingerprint density at radius 3 is 2.75 bits per heavy atom. The van der Waals surface area contributed by atoms with Gasteiger partial charge >= 0.3 is 0 Å². The van der Waals surface area contributed by atoms with Gasteiger partial charge in [0, 0.05) is 19.5 Å². The lowest BCUT2D eigenvalue weighted by molar-refractivity contribution is -0.134. The first-order valence-corrected chi connectivity index (χ1v) is 5.68. The second-order valence-corrected chi connectivity index (χ2v) is 4.51. The van der Waals surface area contributed by atoms with Crippen molar-refractivity contribution in [1.82, 2.24) is 10.2 Å². The molecule has 5 heteroatoms. The van der Waals surface area contributed by atoms with E-state index in [1.165, 1.54) is 4.90 Å². The highest BCUT2D eigenvalue weighted by Gasteiger charge is 2.29. The second kappa shape index (κ2) is 5.82. The summed E-state index contributed by atoms with van der Waals surface area (Å²) in [5.74, 6) is 0.0390. The molecule has 4 nitrogen and oxygen atoms in total. The molecule has 1 aliphatic heterocycles. The Labute approximate surface area is 95.2 Å². The monoisotopic (exact) mass is 230 g/mol. The molecule has 0 saturated carbocycles. The van der Waals surface area contributed by atoms with Crippen LogP contribution < -0.4 is 5.32 Å². The van der Waals surface area contributed by atoms with Gasteiger partial charge in [-0.2, -0.15) is 0 Å². The number of rotatable bonds is 4. The van der Waals surface area contributed by atoms with Gasteiger partial charge in [-0.05, 0) is 12.3 Å². The van der Waals surface area contributed by atoms with E-state index in [-0.39, 0.29) is 24.8 Å². The quantitative estimate of drug-likeness (QED) is 0.773. The molecule has 1 fully saturated rings. The average Bonchev–Trinajstić information content (AvgIpc) is 2.31. The van der Waals surface area contributed by atoms with Gasteiger partial charge in [-0.25, -0.2) is 4.39 Å². The van der Waals surface area contributed by atoms with Crippen LogP contribution in [0.4, 0.5) is 4.39 Å². The summed E-state index contributed by atoms with van der Waals surface area (Å²) in [5, 5.41) is 2.70. The van der Waals surface area contributed by atoms with Crippen LogP contribution in [0.15, 0.2) is 0 Å². The van der Waals surface area contributed by atoms with Crippen molar-refractivity contribution in [3.05, 3.63) is 0 Å². The van der Waals surface area contributed by atoms with Crippen LogP contribution in [-0.4, -0.2) is 42.5 Å². The Hall–Kier alpha value is -1.13. The summed E-state index contributed by atoms with van der Waals surface area (Å²) in [6, 6.07) is -0.485. The topological polar surface area (TPSA) is 49.4 Å².